The van der Waals surface area contributed by atoms with Crippen LogP contribution in [0.3, 0.4) is 0 Å². The number of aldehydes is 1. The molecule has 0 fully saturated rings. The third-order valence-corrected chi connectivity index (χ3v) is 1.55. The van der Waals surface area contributed by atoms with Crippen molar-refractivity contribution in [2.45, 2.75) is 24.9 Å². The molecule has 0 aliphatic rings. The molecule has 0 aromatic heterocycles. The first-order chi connectivity index (χ1) is 5.98. The Balaban J connectivity index is 5.17. The first kappa shape index (κ1) is 13.2. The molecule has 0 aromatic rings. The highest BCUT2D eigenvalue weighted by atomic mass is 19.4. The van der Waals surface area contributed by atoms with Crippen LogP contribution in [0.2, 0.25) is 0 Å². The molecule has 0 bridgehead atoms. The van der Waals surface area contributed by atoms with Crippen molar-refractivity contribution < 1.29 is 35.5 Å². The molecule has 0 radical (unpaired) electrons. The third-order valence-electron chi connectivity index (χ3n) is 1.55. The molecule has 0 rings (SSSR count). The Morgan fingerprint density at radius 2 is 1.36 bits per heavy atom. The Labute approximate surface area is 73.9 Å². The maximum atomic E-state index is 12.4. The summed E-state index contributed by atoms with van der Waals surface area (Å²) in [6.07, 6.45) is -7.03. The smallest absolute Gasteiger partial charge is 0.303 e. The van der Waals surface area contributed by atoms with Gasteiger partial charge < -0.3 is 4.79 Å². The first-order valence-electron chi connectivity index (χ1n) is 3.26. The van der Waals surface area contributed by atoms with Crippen LogP contribution in [0.4, 0.5) is 30.7 Å². The van der Waals surface area contributed by atoms with Crippen LogP contribution in [0, 0.1) is 5.92 Å². The first-order valence-corrected chi connectivity index (χ1v) is 3.26. The second-order valence-corrected chi connectivity index (χ2v) is 2.62. The van der Waals surface area contributed by atoms with Crippen LogP contribution in [0.1, 0.15) is 6.92 Å². The van der Waals surface area contributed by atoms with Crippen molar-refractivity contribution in [2.24, 2.45) is 5.92 Å². The number of carbonyl (C=O) groups excluding carboxylic acids is 1. The maximum Gasteiger partial charge on any atom is 0.459 e. The van der Waals surface area contributed by atoms with E-state index >= 15 is 0 Å². The van der Waals surface area contributed by atoms with E-state index in [1.54, 1.807) is 0 Å². The summed E-state index contributed by atoms with van der Waals surface area (Å²) in [7, 11) is 0. The summed E-state index contributed by atoms with van der Waals surface area (Å²) < 4.78 is 83.4. The molecular formula is C6H5F7O. The van der Waals surface area contributed by atoms with Crippen molar-refractivity contribution in [1.29, 1.82) is 0 Å². The zero-order chi connectivity index (χ0) is 11.8. The monoisotopic (exact) mass is 226 g/mol. The van der Waals surface area contributed by atoms with Crippen LogP contribution >= 0.6 is 0 Å². The van der Waals surface area contributed by atoms with Gasteiger partial charge in [-0.05, 0) is 6.92 Å². The van der Waals surface area contributed by atoms with Gasteiger partial charge in [-0.25, -0.2) is 0 Å². The van der Waals surface area contributed by atoms with Crippen LogP contribution in [0.15, 0.2) is 0 Å². The molecular weight excluding hydrogens is 221 g/mol. The Morgan fingerprint density at radius 1 is 1.00 bits per heavy atom. The average Bonchev–Trinajstić information content (AvgIpc) is 2.00. The lowest BCUT2D eigenvalue weighted by Gasteiger charge is -2.29. The van der Waals surface area contributed by atoms with E-state index in [1.165, 1.54) is 0 Å². The highest BCUT2D eigenvalue weighted by molar-refractivity contribution is 5.55. The quantitative estimate of drug-likeness (QED) is 0.534. The van der Waals surface area contributed by atoms with Gasteiger partial charge in [-0.3, -0.25) is 0 Å². The number of carbonyl (C=O) groups is 1. The Hall–Kier alpha value is -0.820. The van der Waals surface area contributed by atoms with Crippen molar-refractivity contribution in [3.05, 3.63) is 0 Å². The fraction of sp³-hybridized carbons (Fsp3) is 0.833. The predicted molar refractivity (Wildman–Crippen MR) is 31.2 cm³/mol. The summed E-state index contributed by atoms with van der Waals surface area (Å²) in [6.45, 7) is 0.284. The molecule has 1 nitrogen and oxygen atoms in total. The highest BCUT2D eigenvalue weighted by Crippen LogP contribution is 2.49. The van der Waals surface area contributed by atoms with Crippen molar-refractivity contribution in [1.82, 2.24) is 0 Å². The zero-order valence-corrected chi connectivity index (χ0v) is 6.71. The SMILES string of the molecule is CC(C=O)C(F)(F)C(F)(F)C(F)(F)F. The van der Waals surface area contributed by atoms with E-state index < -0.39 is 30.2 Å². The van der Waals surface area contributed by atoms with Crippen molar-refractivity contribution in [2.75, 3.05) is 0 Å². The molecule has 0 heterocycles. The molecule has 0 saturated carbocycles. The van der Waals surface area contributed by atoms with Gasteiger partial charge in [0.15, 0.2) is 0 Å². The van der Waals surface area contributed by atoms with Crippen LogP contribution in [0.25, 0.3) is 0 Å². The molecule has 0 saturated heterocycles. The Kier molecular flexibility index (Phi) is 3.19. The lowest BCUT2D eigenvalue weighted by atomic mass is 9.99. The number of rotatable bonds is 3. The van der Waals surface area contributed by atoms with Gasteiger partial charge in [0, 0.05) is 0 Å². The van der Waals surface area contributed by atoms with Gasteiger partial charge in [-0.15, -0.1) is 0 Å². The second-order valence-electron chi connectivity index (χ2n) is 2.62. The third kappa shape index (κ3) is 1.83. The van der Waals surface area contributed by atoms with Gasteiger partial charge in [0.05, 0.1) is 5.92 Å². The minimum absolute atomic E-state index is 0.284. The molecule has 1 unspecified atom stereocenters. The molecule has 0 aliphatic carbocycles. The molecule has 0 N–H and O–H groups in total. The molecule has 0 aliphatic heterocycles. The molecule has 1 atom stereocenters. The van der Waals surface area contributed by atoms with E-state index in [9.17, 15) is 35.5 Å². The summed E-state index contributed by atoms with van der Waals surface area (Å²) in [6, 6.07) is 0. The second kappa shape index (κ2) is 3.39. The van der Waals surface area contributed by atoms with E-state index in [1.807, 2.05) is 0 Å². The number of halogens is 7. The van der Waals surface area contributed by atoms with Crippen molar-refractivity contribution >= 4 is 6.29 Å². The van der Waals surface area contributed by atoms with Crippen molar-refractivity contribution in [3.8, 4) is 0 Å². The predicted octanol–water partition coefficient (Wildman–Crippen LogP) is 2.65. The van der Waals surface area contributed by atoms with Gasteiger partial charge in [0.1, 0.15) is 6.29 Å². The fourth-order valence-electron chi connectivity index (χ4n) is 0.560. The maximum absolute atomic E-state index is 12.4. The zero-order valence-electron chi connectivity index (χ0n) is 6.71. The van der Waals surface area contributed by atoms with Crippen LogP contribution in [0.5, 0.6) is 0 Å². The average molecular weight is 226 g/mol. The molecule has 0 amide bonds. The standard InChI is InChI=1S/C6H5F7O/c1-3(2-14)4(7,8)5(9,10)6(11,12)13/h2-3H,1H3. The van der Waals surface area contributed by atoms with E-state index in [0.717, 1.165) is 0 Å². The molecule has 0 aromatic carbocycles. The summed E-state index contributed by atoms with van der Waals surface area (Å²) >= 11 is 0. The Morgan fingerprint density at radius 3 is 1.57 bits per heavy atom. The molecule has 0 spiro atoms. The summed E-state index contributed by atoms with van der Waals surface area (Å²) in [5, 5.41) is 0. The minimum Gasteiger partial charge on any atom is -0.303 e. The van der Waals surface area contributed by atoms with Crippen molar-refractivity contribution in [3.63, 3.8) is 0 Å². The lowest BCUT2D eigenvalue weighted by Crippen LogP contribution is -2.55. The van der Waals surface area contributed by atoms with Crippen LogP contribution in [-0.2, 0) is 4.79 Å². The number of hydrogen-bond donors (Lipinski definition) is 0. The topological polar surface area (TPSA) is 17.1 Å². The lowest BCUT2D eigenvalue weighted by molar-refractivity contribution is -0.361. The van der Waals surface area contributed by atoms with E-state index in [2.05, 4.69) is 0 Å². The molecule has 14 heavy (non-hydrogen) atoms. The Bertz CT molecular complexity index is 219. The van der Waals surface area contributed by atoms with E-state index in [0.29, 0.717) is 0 Å². The minimum atomic E-state index is -6.38. The largest absolute Gasteiger partial charge is 0.459 e. The normalized spacial score (nSPS) is 16.6. The van der Waals surface area contributed by atoms with Gasteiger partial charge in [-0.2, -0.15) is 30.7 Å². The molecule has 8 heteroatoms. The van der Waals surface area contributed by atoms with Gasteiger partial charge in [0.2, 0.25) is 0 Å². The summed E-state index contributed by atoms with van der Waals surface area (Å²) in [5.41, 5.74) is 0. The van der Waals surface area contributed by atoms with Gasteiger partial charge in [0.25, 0.3) is 0 Å². The highest BCUT2D eigenvalue weighted by Gasteiger charge is 2.74. The van der Waals surface area contributed by atoms with E-state index in [4.69, 9.17) is 0 Å². The number of hydrogen-bond acceptors (Lipinski definition) is 1. The molecule has 84 valence electrons. The van der Waals surface area contributed by atoms with Crippen LogP contribution < -0.4 is 0 Å². The fourth-order valence-corrected chi connectivity index (χ4v) is 0.560. The summed E-state index contributed by atoms with van der Waals surface area (Å²) in [5.74, 6) is -14.4. The van der Waals surface area contributed by atoms with Crippen LogP contribution in [-0.4, -0.2) is 24.3 Å². The summed E-state index contributed by atoms with van der Waals surface area (Å²) in [4.78, 5) is 9.74. The number of alkyl halides is 7. The van der Waals surface area contributed by atoms with Gasteiger partial charge >= 0.3 is 18.0 Å². The van der Waals surface area contributed by atoms with E-state index in [-0.39, 0.29) is 6.92 Å². The van der Waals surface area contributed by atoms with Gasteiger partial charge in [-0.1, -0.05) is 0 Å².